The van der Waals surface area contributed by atoms with Gasteiger partial charge in [0.1, 0.15) is 5.82 Å². The van der Waals surface area contributed by atoms with Crippen molar-refractivity contribution in [1.82, 2.24) is 19.8 Å². The summed E-state index contributed by atoms with van der Waals surface area (Å²) >= 11 is 0. The molecule has 5 nitrogen and oxygen atoms in total. The summed E-state index contributed by atoms with van der Waals surface area (Å²) < 4.78 is 2.13. The van der Waals surface area contributed by atoms with Crippen LogP contribution in [0.25, 0.3) is 0 Å². The smallest absolute Gasteiger partial charge is 0.222 e. The second-order valence-electron chi connectivity index (χ2n) is 4.85. The molecule has 1 saturated heterocycles. The fraction of sp³-hybridized carbons (Fsp3) is 0.692. The van der Waals surface area contributed by atoms with E-state index in [2.05, 4.69) is 28.7 Å². The van der Waals surface area contributed by atoms with Gasteiger partial charge in [-0.15, -0.1) is 0 Å². The highest BCUT2D eigenvalue weighted by atomic mass is 16.2. The number of carbonyl (C=O) groups excluding carboxylic acids is 1. The van der Waals surface area contributed by atoms with Gasteiger partial charge in [-0.05, 0) is 20.3 Å². The number of likely N-dealkylation sites (tertiary alicyclic amines) is 1. The van der Waals surface area contributed by atoms with Gasteiger partial charge in [-0.3, -0.25) is 4.79 Å². The molecule has 18 heavy (non-hydrogen) atoms. The number of hydrogen-bond donors (Lipinski definition) is 1. The van der Waals surface area contributed by atoms with Crippen LogP contribution in [0.15, 0.2) is 12.4 Å². The SMILES string of the molecule is CCn1ccnc1CNC(C)CN1CCCC1=O. The molecule has 1 aromatic rings. The number of hydrogen-bond acceptors (Lipinski definition) is 3. The molecule has 0 aliphatic carbocycles. The molecule has 2 rings (SSSR count). The van der Waals surface area contributed by atoms with Crippen molar-refractivity contribution in [2.24, 2.45) is 0 Å². The van der Waals surface area contributed by atoms with Crippen molar-refractivity contribution in [1.29, 1.82) is 0 Å². The van der Waals surface area contributed by atoms with Gasteiger partial charge in [0.15, 0.2) is 0 Å². The fourth-order valence-electron chi connectivity index (χ4n) is 2.35. The van der Waals surface area contributed by atoms with Crippen LogP contribution in [-0.2, 0) is 17.9 Å². The third kappa shape index (κ3) is 3.10. The summed E-state index contributed by atoms with van der Waals surface area (Å²) in [5.74, 6) is 1.34. The molecule has 1 aromatic heterocycles. The zero-order valence-corrected chi connectivity index (χ0v) is 11.2. The van der Waals surface area contributed by atoms with Gasteiger partial charge in [0.2, 0.25) is 5.91 Å². The Bertz CT molecular complexity index is 401. The normalized spacial score (nSPS) is 17.4. The molecule has 5 heteroatoms. The molecule has 1 atom stereocenters. The molecule has 1 aliphatic heterocycles. The summed E-state index contributed by atoms with van der Waals surface area (Å²) in [7, 11) is 0. The molecule has 0 radical (unpaired) electrons. The van der Waals surface area contributed by atoms with Crippen LogP contribution in [0.1, 0.15) is 32.5 Å². The molecule has 1 aliphatic rings. The second-order valence-corrected chi connectivity index (χ2v) is 4.85. The molecule has 1 N–H and O–H groups in total. The Labute approximate surface area is 108 Å². The molecule has 1 fully saturated rings. The van der Waals surface area contributed by atoms with E-state index in [-0.39, 0.29) is 0 Å². The van der Waals surface area contributed by atoms with E-state index >= 15 is 0 Å². The minimum absolute atomic E-state index is 0.290. The molecule has 0 spiro atoms. The Morgan fingerprint density at radius 3 is 3.06 bits per heavy atom. The molecular weight excluding hydrogens is 228 g/mol. The number of nitrogens with one attached hydrogen (secondary N) is 1. The summed E-state index contributed by atoms with van der Waals surface area (Å²) in [4.78, 5) is 17.8. The molecule has 100 valence electrons. The zero-order valence-electron chi connectivity index (χ0n) is 11.2. The highest BCUT2D eigenvalue weighted by molar-refractivity contribution is 5.78. The molecule has 1 unspecified atom stereocenters. The summed E-state index contributed by atoms with van der Waals surface area (Å²) in [5, 5.41) is 3.43. The van der Waals surface area contributed by atoms with Crippen molar-refractivity contribution in [2.45, 2.75) is 45.8 Å². The lowest BCUT2D eigenvalue weighted by Gasteiger charge is -2.21. The van der Waals surface area contributed by atoms with Crippen LogP contribution in [0.4, 0.5) is 0 Å². The maximum absolute atomic E-state index is 11.5. The Morgan fingerprint density at radius 1 is 1.56 bits per heavy atom. The van der Waals surface area contributed by atoms with Crippen molar-refractivity contribution >= 4 is 5.91 Å². The average molecular weight is 250 g/mol. The van der Waals surface area contributed by atoms with E-state index in [1.54, 1.807) is 0 Å². The van der Waals surface area contributed by atoms with Crippen LogP contribution >= 0.6 is 0 Å². The molecule has 0 aromatic carbocycles. The van der Waals surface area contributed by atoms with Crippen LogP contribution in [0.2, 0.25) is 0 Å². The van der Waals surface area contributed by atoms with E-state index in [1.807, 2.05) is 17.3 Å². The van der Waals surface area contributed by atoms with Gasteiger partial charge in [-0.2, -0.15) is 0 Å². The molecule has 0 bridgehead atoms. The maximum Gasteiger partial charge on any atom is 0.222 e. The monoisotopic (exact) mass is 250 g/mol. The quantitative estimate of drug-likeness (QED) is 0.819. The van der Waals surface area contributed by atoms with Crippen molar-refractivity contribution in [3.63, 3.8) is 0 Å². The highest BCUT2D eigenvalue weighted by Gasteiger charge is 2.21. The van der Waals surface area contributed by atoms with Gasteiger partial charge in [0, 0.05) is 44.5 Å². The average Bonchev–Trinajstić information content (AvgIpc) is 2.96. The van der Waals surface area contributed by atoms with Crippen LogP contribution in [-0.4, -0.2) is 39.5 Å². The van der Waals surface area contributed by atoms with Crippen molar-refractivity contribution < 1.29 is 4.79 Å². The fourth-order valence-corrected chi connectivity index (χ4v) is 2.35. The lowest BCUT2D eigenvalue weighted by Crippen LogP contribution is -2.39. The molecule has 2 heterocycles. The number of carbonyl (C=O) groups is 1. The van der Waals surface area contributed by atoms with Crippen molar-refractivity contribution in [3.05, 3.63) is 18.2 Å². The molecule has 1 amide bonds. The maximum atomic E-state index is 11.5. The topological polar surface area (TPSA) is 50.2 Å². The number of nitrogens with zero attached hydrogens (tertiary/aromatic N) is 3. The number of amides is 1. The Balaban J connectivity index is 1.77. The first-order valence-corrected chi connectivity index (χ1v) is 6.72. The summed E-state index contributed by atoms with van der Waals surface area (Å²) in [5.41, 5.74) is 0. The number of aryl methyl sites for hydroxylation is 1. The predicted molar refractivity (Wildman–Crippen MR) is 70.0 cm³/mol. The molecule has 0 saturated carbocycles. The number of imidazole rings is 1. The highest BCUT2D eigenvalue weighted by Crippen LogP contribution is 2.09. The Kier molecular flexibility index (Phi) is 4.36. The van der Waals surface area contributed by atoms with Crippen molar-refractivity contribution in [3.8, 4) is 0 Å². The number of aromatic nitrogens is 2. The van der Waals surface area contributed by atoms with Crippen LogP contribution < -0.4 is 5.32 Å². The van der Waals surface area contributed by atoms with Crippen LogP contribution in [0.5, 0.6) is 0 Å². The van der Waals surface area contributed by atoms with Gasteiger partial charge in [-0.1, -0.05) is 0 Å². The van der Waals surface area contributed by atoms with Crippen LogP contribution in [0.3, 0.4) is 0 Å². The third-order valence-corrected chi connectivity index (χ3v) is 3.42. The largest absolute Gasteiger partial charge is 0.341 e. The first kappa shape index (κ1) is 13.1. The second kappa shape index (κ2) is 6.00. The Morgan fingerprint density at radius 2 is 2.39 bits per heavy atom. The standard InChI is InChI=1S/C13H22N4O/c1-3-16-8-6-14-12(16)9-15-11(2)10-17-7-4-5-13(17)18/h6,8,11,15H,3-5,7,9-10H2,1-2H3. The summed E-state index contributed by atoms with van der Waals surface area (Å²) in [6.45, 7) is 7.63. The van der Waals surface area contributed by atoms with E-state index in [0.717, 1.165) is 38.4 Å². The first-order chi connectivity index (χ1) is 8.70. The summed E-state index contributed by atoms with van der Waals surface area (Å²) in [6.07, 6.45) is 5.54. The van der Waals surface area contributed by atoms with E-state index < -0.39 is 0 Å². The van der Waals surface area contributed by atoms with E-state index in [0.29, 0.717) is 18.4 Å². The minimum Gasteiger partial charge on any atom is -0.341 e. The molecular formula is C13H22N4O. The third-order valence-electron chi connectivity index (χ3n) is 3.42. The van der Waals surface area contributed by atoms with Gasteiger partial charge >= 0.3 is 0 Å². The van der Waals surface area contributed by atoms with E-state index in [9.17, 15) is 4.79 Å². The van der Waals surface area contributed by atoms with Crippen molar-refractivity contribution in [2.75, 3.05) is 13.1 Å². The summed E-state index contributed by atoms with van der Waals surface area (Å²) in [6, 6.07) is 0.300. The number of rotatable bonds is 6. The van der Waals surface area contributed by atoms with Gasteiger partial charge in [0.25, 0.3) is 0 Å². The van der Waals surface area contributed by atoms with Gasteiger partial charge in [0.05, 0.1) is 6.54 Å². The Hall–Kier alpha value is -1.36. The van der Waals surface area contributed by atoms with Gasteiger partial charge in [-0.25, -0.2) is 4.98 Å². The lowest BCUT2D eigenvalue weighted by atomic mass is 10.3. The lowest BCUT2D eigenvalue weighted by molar-refractivity contribution is -0.127. The van der Waals surface area contributed by atoms with Gasteiger partial charge < -0.3 is 14.8 Å². The predicted octanol–water partition coefficient (Wildman–Crippen LogP) is 1.00. The van der Waals surface area contributed by atoms with E-state index in [4.69, 9.17) is 0 Å². The first-order valence-electron chi connectivity index (χ1n) is 6.72. The van der Waals surface area contributed by atoms with E-state index in [1.165, 1.54) is 0 Å². The minimum atomic E-state index is 0.290. The zero-order chi connectivity index (χ0) is 13.0. The van der Waals surface area contributed by atoms with Crippen LogP contribution in [0, 0.1) is 0 Å².